The molecule has 0 bridgehead atoms. The highest BCUT2D eigenvalue weighted by Crippen LogP contribution is 2.33. The number of aromatic nitrogens is 2. The van der Waals surface area contributed by atoms with Crippen LogP contribution in [0.3, 0.4) is 0 Å². The number of carbonyl (C=O) groups is 1. The smallest absolute Gasteiger partial charge is 0.331 e. The van der Waals surface area contributed by atoms with Crippen molar-refractivity contribution in [3.8, 4) is 6.07 Å². The van der Waals surface area contributed by atoms with Gasteiger partial charge in [-0.3, -0.25) is 14.2 Å². The number of hydrogen-bond acceptors (Lipinski definition) is 4. The molecule has 1 aromatic heterocycles. The molecule has 7 heteroatoms. The van der Waals surface area contributed by atoms with Crippen molar-refractivity contribution in [1.82, 2.24) is 14.5 Å². The Balaban J connectivity index is 1.86. The second-order valence-electron chi connectivity index (χ2n) is 7.63. The number of benzene rings is 1. The first kappa shape index (κ1) is 19.6. The highest BCUT2D eigenvalue weighted by molar-refractivity contribution is 5.76. The Morgan fingerprint density at radius 3 is 2.50 bits per heavy atom. The zero-order chi connectivity index (χ0) is 20.3. The minimum Gasteiger partial charge on any atom is -0.348 e. The quantitative estimate of drug-likeness (QED) is 0.796. The van der Waals surface area contributed by atoms with Crippen molar-refractivity contribution < 1.29 is 4.79 Å². The maximum absolute atomic E-state index is 12.7. The molecule has 28 heavy (non-hydrogen) atoms. The fourth-order valence-corrected chi connectivity index (χ4v) is 3.27. The highest BCUT2D eigenvalue weighted by Gasteiger charge is 2.27. The van der Waals surface area contributed by atoms with Crippen molar-refractivity contribution in [1.29, 1.82) is 5.26 Å². The van der Waals surface area contributed by atoms with Crippen LogP contribution in [0.5, 0.6) is 0 Å². The molecule has 0 spiro atoms. The number of nitriles is 1. The SMILES string of the molecule is CC(C)CC(NC(=O)Cn1c(=O)c(C#N)cn(C2CC2)c1=O)c1ccccc1. The average molecular weight is 380 g/mol. The van der Waals surface area contributed by atoms with Crippen LogP contribution in [0.15, 0.2) is 46.1 Å². The van der Waals surface area contributed by atoms with Crippen molar-refractivity contribution >= 4 is 5.91 Å². The van der Waals surface area contributed by atoms with Gasteiger partial charge in [-0.2, -0.15) is 5.26 Å². The molecule has 1 unspecified atom stereocenters. The lowest BCUT2D eigenvalue weighted by Crippen LogP contribution is -2.45. The van der Waals surface area contributed by atoms with Crippen LogP contribution < -0.4 is 16.6 Å². The van der Waals surface area contributed by atoms with Crippen LogP contribution in [0.25, 0.3) is 0 Å². The summed E-state index contributed by atoms with van der Waals surface area (Å²) in [5, 5.41) is 12.1. The Hall–Kier alpha value is -3.14. The largest absolute Gasteiger partial charge is 0.348 e. The van der Waals surface area contributed by atoms with Crippen LogP contribution in [0, 0.1) is 17.2 Å². The molecule has 2 aromatic rings. The third kappa shape index (κ3) is 4.39. The number of amides is 1. The molecule has 1 aromatic carbocycles. The molecule has 1 heterocycles. The molecule has 0 radical (unpaired) electrons. The summed E-state index contributed by atoms with van der Waals surface area (Å²) < 4.78 is 2.26. The van der Waals surface area contributed by atoms with E-state index in [-0.39, 0.29) is 17.6 Å². The summed E-state index contributed by atoms with van der Waals surface area (Å²) in [6.07, 6.45) is 3.71. The van der Waals surface area contributed by atoms with E-state index >= 15 is 0 Å². The van der Waals surface area contributed by atoms with Gasteiger partial charge in [0.2, 0.25) is 5.91 Å². The molecule has 0 aliphatic heterocycles. The van der Waals surface area contributed by atoms with Gasteiger partial charge in [0.1, 0.15) is 18.2 Å². The summed E-state index contributed by atoms with van der Waals surface area (Å²) in [6.45, 7) is 3.73. The van der Waals surface area contributed by atoms with E-state index in [2.05, 4.69) is 19.2 Å². The zero-order valence-electron chi connectivity index (χ0n) is 16.1. The number of nitrogens with zero attached hydrogens (tertiary/aromatic N) is 3. The van der Waals surface area contributed by atoms with Crippen LogP contribution in [-0.2, 0) is 11.3 Å². The molecule has 1 atom stereocenters. The van der Waals surface area contributed by atoms with Crippen LogP contribution in [-0.4, -0.2) is 15.0 Å². The lowest BCUT2D eigenvalue weighted by molar-refractivity contribution is -0.122. The first-order valence-electron chi connectivity index (χ1n) is 9.51. The van der Waals surface area contributed by atoms with Gasteiger partial charge >= 0.3 is 5.69 Å². The Morgan fingerprint density at radius 2 is 1.93 bits per heavy atom. The molecular formula is C21H24N4O3. The summed E-state index contributed by atoms with van der Waals surface area (Å²) in [4.78, 5) is 37.8. The molecule has 1 fully saturated rings. The van der Waals surface area contributed by atoms with Crippen molar-refractivity contribution in [3.63, 3.8) is 0 Å². The van der Waals surface area contributed by atoms with E-state index in [0.717, 1.165) is 29.4 Å². The van der Waals surface area contributed by atoms with Gasteiger partial charge in [-0.1, -0.05) is 44.2 Å². The third-order valence-electron chi connectivity index (χ3n) is 4.80. The molecular weight excluding hydrogens is 356 g/mol. The Kier molecular flexibility index (Phi) is 5.78. The van der Waals surface area contributed by atoms with E-state index < -0.39 is 23.7 Å². The normalized spacial score (nSPS) is 14.5. The van der Waals surface area contributed by atoms with Crippen LogP contribution in [0.1, 0.15) is 56.3 Å². The topological polar surface area (TPSA) is 96.9 Å². The van der Waals surface area contributed by atoms with Gasteiger partial charge in [-0.05, 0) is 30.7 Å². The fourth-order valence-electron chi connectivity index (χ4n) is 3.27. The van der Waals surface area contributed by atoms with Gasteiger partial charge in [-0.15, -0.1) is 0 Å². The Bertz CT molecular complexity index is 1010. The molecule has 1 N–H and O–H groups in total. The van der Waals surface area contributed by atoms with E-state index in [1.165, 1.54) is 10.8 Å². The summed E-state index contributed by atoms with van der Waals surface area (Å²) in [5.74, 6) is -0.0756. The molecule has 1 aliphatic carbocycles. The van der Waals surface area contributed by atoms with E-state index in [0.29, 0.717) is 5.92 Å². The number of carbonyl (C=O) groups excluding carboxylic acids is 1. The summed E-state index contributed by atoms with van der Waals surface area (Å²) in [5.41, 5.74) is -0.416. The molecule has 146 valence electrons. The Labute approximate surface area is 163 Å². The van der Waals surface area contributed by atoms with Gasteiger partial charge in [-0.25, -0.2) is 9.36 Å². The predicted octanol–water partition coefficient (Wildman–Crippen LogP) is 2.12. The van der Waals surface area contributed by atoms with Gasteiger partial charge in [0.25, 0.3) is 5.56 Å². The maximum atomic E-state index is 12.7. The number of nitrogens with one attached hydrogen (secondary N) is 1. The first-order valence-corrected chi connectivity index (χ1v) is 9.51. The number of hydrogen-bond donors (Lipinski definition) is 1. The number of rotatable bonds is 7. The summed E-state index contributed by atoms with van der Waals surface area (Å²) in [6, 6.07) is 11.2. The minimum atomic E-state index is -0.723. The van der Waals surface area contributed by atoms with Gasteiger partial charge in [0, 0.05) is 12.2 Å². The summed E-state index contributed by atoms with van der Waals surface area (Å²) >= 11 is 0. The van der Waals surface area contributed by atoms with Crippen LogP contribution in [0.4, 0.5) is 0 Å². The van der Waals surface area contributed by atoms with Gasteiger partial charge in [0.15, 0.2) is 0 Å². The zero-order valence-corrected chi connectivity index (χ0v) is 16.1. The first-order chi connectivity index (χ1) is 13.4. The second-order valence-corrected chi connectivity index (χ2v) is 7.63. The summed E-state index contributed by atoms with van der Waals surface area (Å²) in [7, 11) is 0. The molecule has 1 aliphatic rings. The molecule has 0 saturated heterocycles. The third-order valence-corrected chi connectivity index (χ3v) is 4.80. The molecule has 7 nitrogen and oxygen atoms in total. The monoisotopic (exact) mass is 380 g/mol. The van der Waals surface area contributed by atoms with Gasteiger partial charge in [0.05, 0.1) is 6.04 Å². The second kappa shape index (κ2) is 8.26. The predicted molar refractivity (Wildman–Crippen MR) is 105 cm³/mol. The van der Waals surface area contributed by atoms with E-state index in [4.69, 9.17) is 0 Å². The lowest BCUT2D eigenvalue weighted by Gasteiger charge is -2.21. The van der Waals surface area contributed by atoms with Crippen molar-refractivity contribution in [2.75, 3.05) is 0 Å². The van der Waals surface area contributed by atoms with Crippen molar-refractivity contribution in [2.24, 2.45) is 5.92 Å². The average Bonchev–Trinajstić information content (AvgIpc) is 3.50. The minimum absolute atomic E-state index is 0.00696. The van der Waals surface area contributed by atoms with E-state index in [1.54, 1.807) is 0 Å². The standard InChI is InChI=1S/C21H24N4O3/c1-14(2)10-18(15-6-4-3-5-7-15)23-19(26)13-25-20(27)16(11-22)12-24(21(25)28)17-8-9-17/h3-7,12,14,17-18H,8-10,13H2,1-2H3,(H,23,26). The van der Waals surface area contributed by atoms with E-state index in [9.17, 15) is 19.6 Å². The van der Waals surface area contributed by atoms with Crippen molar-refractivity contribution in [2.45, 2.75) is 51.7 Å². The maximum Gasteiger partial charge on any atom is 0.331 e. The van der Waals surface area contributed by atoms with Crippen LogP contribution >= 0.6 is 0 Å². The van der Waals surface area contributed by atoms with E-state index in [1.807, 2.05) is 36.4 Å². The molecule has 1 saturated carbocycles. The van der Waals surface area contributed by atoms with Gasteiger partial charge < -0.3 is 5.32 Å². The Morgan fingerprint density at radius 1 is 1.25 bits per heavy atom. The molecule has 3 rings (SSSR count). The lowest BCUT2D eigenvalue weighted by atomic mass is 9.97. The highest BCUT2D eigenvalue weighted by atomic mass is 16.2. The van der Waals surface area contributed by atoms with Crippen molar-refractivity contribution in [3.05, 3.63) is 68.5 Å². The fraction of sp³-hybridized carbons (Fsp3) is 0.429. The van der Waals surface area contributed by atoms with Crippen LogP contribution in [0.2, 0.25) is 0 Å². The molecule has 1 amide bonds.